The lowest BCUT2D eigenvalue weighted by Crippen LogP contribution is -2.13. The lowest BCUT2D eigenvalue weighted by molar-refractivity contribution is 0.102. The number of nitrogens with one attached hydrogen (secondary N) is 2. The van der Waals surface area contributed by atoms with Crippen LogP contribution in [0, 0.1) is 18.6 Å². The van der Waals surface area contributed by atoms with E-state index in [0.29, 0.717) is 27.8 Å². The van der Waals surface area contributed by atoms with Crippen molar-refractivity contribution >= 4 is 22.5 Å². The van der Waals surface area contributed by atoms with Crippen LogP contribution in [0.1, 0.15) is 16.1 Å². The minimum absolute atomic E-state index is 0.319. The first-order chi connectivity index (χ1) is 10.0. The van der Waals surface area contributed by atoms with Crippen molar-refractivity contribution in [1.29, 1.82) is 0 Å². The molecular formula is C16H12F2N2O. The summed E-state index contributed by atoms with van der Waals surface area (Å²) in [4.78, 5) is 15.1. The van der Waals surface area contributed by atoms with Gasteiger partial charge in [0, 0.05) is 16.6 Å². The van der Waals surface area contributed by atoms with E-state index in [1.807, 2.05) is 0 Å². The molecule has 0 aliphatic heterocycles. The van der Waals surface area contributed by atoms with Gasteiger partial charge in [-0.2, -0.15) is 0 Å². The zero-order valence-corrected chi connectivity index (χ0v) is 11.2. The van der Waals surface area contributed by atoms with E-state index in [1.54, 1.807) is 19.1 Å². The van der Waals surface area contributed by atoms with Crippen LogP contribution >= 0.6 is 0 Å². The summed E-state index contributed by atoms with van der Waals surface area (Å²) in [5, 5.41) is 3.32. The fourth-order valence-electron chi connectivity index (χ4n) is 2.18. The van der Waals surface area contributed by atoms with Crippen molar-refractivity contribution in [2.75, 3.05) is 5.32 Å². The van der Waals surface area contributed by atoms with Gasteiger partial charge in [-0.15, -0.1) is 0 Å². The highest BCUT2D eigenvalue weighted by molar-refractivity contribution is 6.06. The van der Waals surface area contributed by atoms with Crippen molar-refractivity contribution in [2.24, 2.45) is 0 Å². The summed E-state index contributed by atoms with van der Waals surface area (Å²) < 4.78 is 26.2. The summed E-state index contributed by atoms with van der Waals surface area (Å²) in [7, 11) is 0. The third-order valence-electron chi connectivity index (χ3n) is 3.26. The second-order valence-corrected chi connectivity index (χ2v) is 4.83. The molecule has 0 fully saturated rings. The number of anilines is 1. The number of hydrogen-bond acceptors (Lipinski definition) is 1. The van der Waals surface area contributed by atoms with E-state index < -0.39 is 0 Å². The van der Waals surface area contributed by atoms with Crippen LogP contribution in [-0.4, -0.2) is 10.9 Å². The van der Waals surface area contributed by atoms with Crippen molar-refractivity contribution in [3.63, 3.8) is 0 Å². The highest BCUT2D eigenvalue weighted by Gasteiger charge is 2.11. The molecule has 0 aliphatic rings. The summed E-state index contributed by atoms with van der Waals surface area (Å²) in [6.07, 6.45) is 0. The molecular weight excluding hydrogens is 274 g/mol. The zero-order chi connectivity index (χ0) is 15.0. The maximum Gasteiger partial charge on any atom is 0.272 e. The Hall–Kier alpha value is -2.69. The van der Waals surface area contributed by atoms with E-state index in [2.05, 4.69) is 10.3 Å². The Morgan fingerprint density at radius 1 is 1.05 bits per heavy atom. The molecule has 106 valence electrons. The molecule has 0 spiro atoms. The van der Waals surface area contributed by atoms with Gasteiger partial charge in [0.2, 0.25) is 0 Å². The summed E-state index contributed by atoms with van der Waals surface area (Å²) in [5.74, 6) is -1.07. The van der Waals surface area contributed by atoms with Crippen LogP contribution in [0.3, 0.4) is 0 Å². The van der Waals surface area contributed by atoms with Gasteiger partial charge in [-0.3, -0.25) is 4.79 Å². The van der Waals surface area contributed by atoms with Gasteiger partial charge in [-0.1, -0.05) is 0 Å². The van der Waals surface area contributed by atoms with Gasteiger partial charge >= 0.3 is 0 Å². The van der Waals surface area contributed by atoms with Crippen LogP contribution in [0.2, 0.25) is 0 Å². The van der Waals surface area contributed by atoms with Crippen molar-refractivity contribution in [1.82, 2.24) is 4.98 Å². The predicted molar refractivity (Wildman–Crippen MR) is 77.3 cm³/mol. The quantitative estimate of drug-likeness (QED) is 0.734. The van der Waals surface area contributed by atoms with E-state index in [4.69, 9.17) is 0 Å². The Labute approximate surface area is 119 Å². The van der Waals surface area contributed by atoms with Crippen LogP contribution in [0.15, 0.2) is 42.5 Å². The number of rotatable bonds is 2. The van der Waals surface area contributed by atoms with Crippen LogP contribution in [-0.2, 0) is 0 Å². The highest BCUT2D eigenvalue weighted by Crippen LogP contribution is 2.19. The van der Waals surface area contributed by atoms with Gasteiger partial charge in [0.05, 0.1) is 0 Å². The van der Waals surface area contributed by atoms with E-state index >= 15 is 0 Å². The molecule has 2 aromatic carbocycles. The number of H-pyrrole nitrogens is 1. The van der Waals surface area contributed by atoms with Crippen LogP contribution in [0.4, 0.5) is 14.5 Å². The minimum Gasteiger partial charge on any atom is -0.351 e. The average molecular weight is 286 g/mol. The number of halogens is 2. The maximum atomic E-state index is 13.1. The molecule has 2 N–H and O–H groups in total. The molecule has 0 atom stereocenters. The van der Waals surface area contributed by atoms with Crippen molar-refractivity contribution in [3.8, 4) is 0 Å². The molecule has 0 saturated heterocycles. The summed E-state index contributed by atoms with van der Waals surface area (Å²) in [6, 6.07) is 9.96. The molecule has 1 heterocycles. The Morgan fingerprint density at radius 2 is 1.76 bits per heavy atom. The van der Waals surface area contributed by atoms with Crippen molar-refractivity contribution in [2.45, 2.75) is 6.92 Å². The molecule has 3 aromatic rings. The molecule has 21 heavy (non-hydrogen) atoms. The second kappa shape index (κ2) is 5.01. The van der Waals surface area contributed by atoms with E-state index in [0.717, 1.165) is 0 Å². The molecule has 5 heteroatoms. The number of amides is 1. The number of aromatic amines is 1. The van der Waals surface area contributed by atoms with Gasteiger partial charge < -0.3 is 10.3 Å². The lowest BCUT2D eigenvalue weighted by Gasteiger charge is -2.07. The third-order valence-corrected chi connectivity index (χ3v) is 3.26. The first-order valence-corrected chi connectivity index (χ1v) is 6.39. The van der Waals surface area contributed by atoms with E-state index in [-0.39, 0.29) is 17.5 Å². The zero-order valence-electron chi connectivity index (χ0n) is 11.2. The summed E-state index contributed by atoms with van der Waals surface area (Å²) in [6.45, 7) is 1.71. The first-order valence-electron chi connectivity index (χ1n) is 6.39. The maximum absolute atomic E-state index is 13.1. The van der Waals surface area contributed by atoms with E-state index in [9.17, 15) is 13.6 Å². The number of carbonyl (C=O) groups excluding carboxylic acids is 1. The van der Waals surface area contributed by atoms with Crippen molar-refractivity contribution in [3.05, 3.63) is 65.4 Å². The molecule has 3 rings (SSSR count). The second-order valence-electron chi connectivity index (χ2n) is 4.83. The number of aryl methyl sites for hydroxylation is 1. The van der Waals surface area contributed by atoms with Crippen molar-refractivity contribution < 1.29 is 13.6 Å². The lowest BCUT2D eigenvalue weighted by atomic mass is 10.2. The topological polar surface area (TPSA) is 44.9 Å². The Morgan fingerprint density at radius 3 is 2.52 bits per heavy atom. The van der Waals surface area contributed by atoms with Gasteiger partial charge in [-0.05, 0) is 55.0 Å². The highest BCUT2D eigenvalue weighted by atomic mass is 19.1. The molecule has 1 aromatic heterocycles. The Bertz CT molecular complexity index is 839. The number of fused-ring (bicyclic) bond motifs is 1. The number of carbonyl (C=O) groups is 1. The fraction of sp³-hybridized carbons (Fsp3) is 0.0625. The molecule has 1 amide bonds. The third kappa shape index (κ3) is 2.63. The average Bonchev–Trinajstić information content (AvgIpc) is 2.85. The Kier molecular flexibility index (Phi) is 3.17. The van der Waals surface area contributed by atoms with Gasteiger partial charge in [0.1, 0.15) is 17.3 Å². The molecule has 3 nitrogen and oxygen atoms in total. The number of aromatic nitrogens is 1. The van der Waals surface area contributed by atoms with Gasteiger partial charge in [0.15, 0.2) is 0 Å². The first kappa shape index (κ1) is 13.3. The number of hydrogen-bond donors (Lipinski definition) is 2. The molecule has 0 saturated carbocycles. The monoisotopic (exact) mass is 286 g/mol. The largest absolute Gasteiger partial charge is 0.351 e. The summed E-state index contributed by atoms with van der Waals surface area (Å²) in [5.41, 5.74) is 2.16. The predicted octanol–water partition coefficient (Wildman–Crippen LogP) is 4.01. The van der Waals surface area contributed by atoms with Crippen LogP contribution in [0.25, 0.3) is 10.9 Å². The molecule has 0 unspecified atom stereocenters. The Balaban J connectivity index is 1.89. The smallest absolute Gasteiger partial charge is 0.272 e. The van der Waals surface area contributed by atoms with Gasteiger partial charge in [0.25, 0.3) is 5.91 Å². The fourth-order valence-corrected chi connectivity index (χ4v) is 2.18. The molecule has 0 radical (unpaired) electrons. The normalized spacial score (nSPS) is 10.8. The molecule has 0 bridgehead atoms. The molecule has 0 aliphatic carbocycles. The van der Waals surface area contributed by atoms with E-state index in [1.165, 1.54) is 30.3 Å². The minimum atomic E-state index is -0.360. The van der Waals surface area contributed by atoms with Crippen LogP contribution < -0.4 is 5.32 Å². The summed E-state index contributed by atoms with van der Waals surface area (Å²) >= 11 is 0. The SMILES string of the molecule is Cc1cc(F)ccc1NC(=O)c1cc2cc(F)ccc2[nH]1. The standard InChI is InChI=1S/C16H12F2N2O/c1-9-6-11(17)2-4-13(9)20-16(21)15-8-10-7-12(18)3-5-14(10)19-15/h2-8,19H,1H3,(H,20,21). The van der Waals surface area contributed by atoms with Gasteiger partial charge in [-0.25, -0.2) is 8.78 Å². The number of benzene rings is 2. The van der Waals surface area contributed by atoms with Crippen LogP contribution in [0.5, 0.6) is 0 Å².